The van der Waals surface area contributed by atoms with Crippen molar-refractivity contribution in [1.29, 1.82) is 0 Å². The molecule has 0 radical (unpaired) electrons. The summed E-state index contributed by atoms with van der Waals surface area (Å²) >= 11 is 0. The Balaban J connectivity index is 1.97. The van der Waals surface area contributed by atoms with Gasteiger partial charge in [0.15, 0.2) is 41.4 Å². The van der Waals surface area contributed by atoms with E-state index in [2.05, 4.69) is 9.84 Å². The number of amides is 1. The molecule has 0 aromatic heterocycles. The lowest BCUT2D eigenvalue weighted by Crippen LogP contribution is -2.25. The number of nitrogens with zero attached hydrogens (tertiary/aromatic N) is 2. The fourth-order valence-electron chi connectivity index (χ4n) is 2.98. The minimum absolute atomic E-state index is 0.0297. The van der Waals surface area contributed by atoms with Gasteiger partial charge in [0.25, 0.3) is 5.91 Å². The fourth-order valence-corrected chi connectivity index (χ4v) is 2.98. The third-order valence-corrected chi connectivity index (χ3v) is 4.61. The number of hydrogen-bond acceptors (Lipinski definition) is 6. The predicted molar refractivity (Wildman–Crippen MR) is 110 cm³/mol. The zero-order chi connectivity index (χ0) is 25.2. The first-order valence-corrected chi connectivity index (χ1v) is 9.70. The van der Waals surface area contributed by atoms with Crippen LogP contribution in [0, 0.1) is 29.1 Å². The van der Waals surface area contributed by atoms with E-state index in [1.807, 2.05) is 0 Å². The number of carbonyl (C=O) groups is 2. The highest BCUT2D eigenvalue weighted by molar-refractivity contribution is 6.32. The Morgan fingerprint density at radius 3 is 2.21 bits per heavy atom. The Kier molecular flexibility index (Phi) is 7.18. The molecule has 0 spiro atoms. The smallest absolute Gasteiger partial charge is 0.343 e. The lowest BCUT2D eigenvalue weighted by Gasteiger charge is -2.15. The molecule has 1 amide bonds. The van der Waals surface area contributed by atoms with Crippen LogP contribution in [-0.4, -0.2) is 37.9 Å². The molecular formula is C22H17F5N2O5. The van der Waals surface area contributed by atoms with E-state index < -0.39 is 46.6 Å². The number of hydrogen-bond donors (Lipinski definition) is 0. The van der Waals surface area contributed by atoms with Crippen LogP contribution < -0.4 is 14.5 Å². The summed E-state index contributed by atoms with van der Waals surface area (Å²) in [7, 11) is 1.20. The highest BCUT2D eigenvalue weighted by Crippen LogP contribution is 2.35. The average molecular weight is 484 g/mol. The van der Waals surface area contributed by atoms with E-state index in [4.69, 9.17) is 9.47 Å². The summed E-state index contributed by atoms with van der Waals surface area (Å²) in [5.41, 5.74) is -1.30. The summed E-state index contributed by atoms with van der Waals surface area (Å²) in [5, 5.41) is 3.79. The molecule has 0 fully saturated rings. The molecule has 0 unspecified atom stereocenters. The van der Waals surface area contributed by atoms with Gasteiger partial charge in [-0.15, -0.1) is 0 Å². The zero-order valence-corrected chi connectivity index (χ0v) is 18.0. The van der Waals surface area contributed by atoms with E-state index in [1.54, 1.807) is 6.92 Å². The summed E-state index contributed by atoms with van der Waals surface area (Å²) in [4.78, 5) is 24.1. The van der Waals surface area contributed by atoms with Crippen molar-refractivity contribution in [2.45, 2.75) is 13.8 Å². The van der Waals surface area contributed by atoms with E-state index >= 15 is 0 Å². The van der Waals surface area contributed by atoms with Gasteiger partial charge in [0.05, 0.1) is 25.0 Å². The van der Waals surface area contributed by atoms with Crippen LogP contribution in [0.15, 0.2) is 28.9 Å². The van der Waals surface area contributed by atoms with Crippen molar-refractivity contribution in [3.05, 3.63) is 58.4 Å². The fraction of sp³-hybridized carbons (Fsp3) is 0.227. The maximum absolute atomic E-state index is 14.2. The number of methoxy groups -OCH3 is 1. The first kappa shape index (κ1) is 24.7. The second kappa shape index (κ2) is 9.89. The Hall–Kier alpha value is -3.96. The van der Waals surface area contributed by atoms with Crippen molar-refractivity contribution in [3.8, 4) is 11.5 Å². The highest BCUT2D eigenvalue weighted by Gasteiger charge is 2.37. The molecule has 0 aliphatic carbocycles. The van der Waals surface area contributed by atoms with E-state index in [9.17, 15) is 31.5 Å². The summed E-state index contributed by atoms with van der Waals surface area (Å²) < 4.78 is 84.2. The van der Waals surface area contributed by atoms with Crippen LogP contribution in [0.1, 0.15) is 19.4 Å². The van der Waals surface area contributed by atoms with Gasteiger partial charge in [0, 0.05) is 0 Å². The van der Waals surface area contributed by atoms with E-state index in [-0.39, 0.29) is 41.0 Å². The van der Waals surface area contributed by atoms with E-state index in [0.717, 1.165) is 0 Å². The molecule has 0 N–H and O–H groups in total. The summed E-state index contributed by atoms with van der Waals surface area (Å²) in [5.74, 6) is -12.4. The minimum atomic E-state index is -2.35. The molecule has 7 nitrogen and oxygen atoms in total. The van der Waals surface area contributed by atoms with Gasteiger partial charge in [-0.05, 0) is 37.6 Å². The highest BCUT2D eigenvalue weighted by atomic mass is 19.2. The van der Waals surface area contributed by atoms with Crippen LogP contribution in [0.25, 0.3) is 6.08 Å². The SMILES string of the molecule is CCOc1cc(/C=C2/C(=O)N(c3c(F)c(F)c(F)c(F)c3F)N=C2C)ccc1OCC(=O)OC. The normalized spacial score (nSPS) is 14.5. The third kappa shape index (κ3) is 4.56. The molecule has 2 aromatic rings. The first-order valence-electron chi connectivity index (χ1n) is 9.70. The van der Waals surface area contributed by atoms with Crippen molar-refractivity contribution < 1.29 is 45.8 Å². The molecule has 0 atom stereocenters. The number of ether oxygens (including phenoxy) is 3. The summed E-state index contributed by atoms with van der Waals surface area (Å²) in [6.45, 7) is 2.89. The second-order valence-corrected chi connectivity index (χ2v) is 6.78. The topological polar surface area (TPSA) is 77.4 Å². The van der Waals surface area contributed by atoms with Crippen molar-refractivity contribution in [2.24, 2.45) is 5.10 Å². The molecule has 0 saturated heterocycles. The number of halogens is 5. The molecule has 0 bridgehead atoms. The molecule has 1 aliphatic heterocycles. The van der Waals surface area contributed by atoms with Crippen molar-refractivity contribution in [1.82, 2.24) is 0 Å². The Morgan fingerprint density at radius 2 is 1.62 bits per heavy atom. The number of esters is 1. The summed E-state index contributed by atoms with van der Waals surface area (Å²) in [6, 6.07) is 4.41. The van der Waals surface area contributed by atoms with Gasteiger partial charge in [-0.25, -0.2) is 26.7 Å². The summed E-state index contributed by atoms with van der Waals surface area (Å²) in [6.07, 6.45) is 1.29. The van der Waals surface area contributed by atoms with Crippen LogP contribution in [0.3, 0.4) is 0 Å². The van der Waals surface area contributed by atoms with Crippen molar-refractivity contribution >= 4 is 29.4 Å². The lowest BCUT2D eigenvalue weighted by atomic mass is 10.1. The maximum Gasteiger partial charge on any atom is 0.343 e. The van der Waals surface area contributed by atoms with Gasteiger partial charge in [0.1, 0.15) is 5.69 Å². The van der Waals surface area contributed by atoms with Crippen LogP contribution in [-0.2, 0) is 14.3 Å². The first-order chi connectivity index (χ1) is 16.1. The van der Waals surface area contributed by atoms with Gasteiger partial charge in [-0.3, -0.25) is 4.79 Å². The molecule has 1 aliphatic rings. The monoisotopic (exact) mass is 484 g/mol. The molecule has 34 heavy (non-hydrogen) atoms. The number of anilines is 1. The van der Waals surface area contributed by atoms with E-state index in [0.29, 0.717) is 5.56 Å². The van der Waals surface area contributed by atoms with Crippen molar-refractivity contribution in [3.63, 3.8) is 0 Å². The maximum atomic E-state index is 14.2. The van der Waals surface area contributed by atoms with E-state index in [1.165, 1.54) is 38.3 Å². The molecule has 12 heteroatoms. The van der Waals surface area contributed by atoms with Crippen LogP contribution in [0.5, 0.6) is 11.5 Å². The van der Waals surface area contributed by atoms with Gasteiger partial charge in [-0.1, -0.05) is 6.07 Å². The number of carbonyl (C=O) groups excluding carboxylic acids is 2. The molecule has 0 saturated carbocycles. The average Bonchev–Trinajstić information content (AvgIpc) is 3.09. The standard InChI is InChI=1S/C22H17F5N2O5/c1-4-33-14-8-11(5-6-13(14)34-9-15(30)32-3)7-12-10(2)28-29(22(12)31)21-19(26)17(24)16(23)18(25)20(21)27/h5-8H,4,9H2,1-3H3/b12-7+. The largest absolute Gasteiger partial charge is 0.490 e. The van der Waals surface area contributed by atoms with Crippen LogP contribution in [0.2, 0.25) is 0 Å². The van der Waals surface area contributed by atoms with Crippen LogP contribution >= 0.6 is 0 Å². The van der Waals surface area contributed by atoms with Gasteiger partial charge in [-0.2, -0.15) is 10.1 Å². The third-order valence-electron chi connectivity index (χ3n) is 4.61. The Labute approximate surface area is 190 Å². The molecule has 180 valence electrons. The second-order valence-electron chi connectivity index (χ2n) is 6.78. The van der Waals surface area contributed by atoms with Gasteiger partial charge >= 0.3 is 5.97 Å². The lowest BCUT2D eigenvalue weighted by molar-refractivity contribution is -0.142. The quantitative estimate of drug-likeness (QED) is 0.194. The number of rotatable bonds is 7. The van der Waals surface area contributed by atoms with Crippen molar-refractivity contribution in [2.75, 3.05) is 25.3 Å². The molecular weight excluding hydrogens is 467 g/mol. The Morgan fingerprint density at radius 1 is 1.00 bits per heavy atom. The molecule has 3 rings (SSSR count). The zero-order valence-electron chi connectivity index (χ0n) is 18.0. The van der Waals surface area contributed by atoms with Gasteiger partial charge in [0.2, 0.25) is 5.82 Å². The van der Waals surface area contributed by atoms with Crippen LogP contribution in [0.4, 0.5) is 27.6 Å². The van der Waals surface area contributed by atoms with Gasteiger partial charge < -0.3 is 14.2 Å². The molecule has 1 heterocycles. The molecule has 2 aromatic carbocycles. The Bertz CT molecular complexity index is 1200. The minimum Gasteiger partial charge on any atom is -0.490 e. The number of hydrazone groups is 1. The predicted octanol–water partition coefficient (Wildman–Crippen LogP) is 4.14. The number of benzene rings is 2.